The molecule has 0 aromatic carbocycles. The summed E-state index contributed by atoms with van der Waals surface area (Å²) in [6.07, 6.45) is 8.41. The maximum atomic E-state index is 5.28. The van der Waals surface area contributed by atoms with E-state index < -0.39 is 0 Å². The van der Waals surface area contributed by atoms with Crippen LogP contribution in [0.15, 0.2) is 29.4 Å². The summed E-state index contributed by atoms with van der Waals surface area (Å²) in [5, 5.41) is 0. The van der Waals surface area contributed by atoms with E-state index in [1.54, 1.807) is 6.20 Å². The summed E-state index contributed by atoms with van der Waals surface area (Å²) < 4.78 is 5.28. The number of rotatable bonds is 9. The van der Waals surface area contributed by atoms with Crippen molar-refractivity contribution in [1.82, 2.24) is 4.98 Å². The Balaban J connectivity index is 1.95. The van der Waals surface area contributed by atoms with Crippen LogP contribution in [0.2, 0.25) is 0 Å². The quantitative estimate of drug-likeness (QED) is 0.486. The topological polar surface area (TPSA) is 34.5 Å². The van der Waals surface area contributed by atoms with Gasteiger partial charge in [0, 0.05) is 32.2 Å². The van der Waals surface area contributed by atoms with Crippen molar-refractivity contribution in [3.63, 3.8) is 0 Å². The highest BCUT2D eigenvalue weighted by molar-refractivity contribution is 5.76. The molecule has 0 spiro atoms. The van der Waals surface area contributed by atoms with E-state index >= 15 is 0 Å². The zero-order valence-corrected chi connectivity index (χ0v) is 10.6. The van der Waals surface area contributed by atoms with E-state index in [0.29, 0.717) is 0 Å². The van der Waals surface area contributed by atoms with Gasteiger partial charge in [-0.05, 0) is 31.9 Å². The fourth-order valence-electron chi connectivity index (χ4n) is 1.52. The van der Waals surface area contributed by atoms with Crippen molar-refractivity contribution in [2.24, 2.45) is 4.99 Å². The lowest BCUT2D eigenvalue weighted by Crippen LogP contribution is -1.93. The second kappa shape index (κ2) is 9.97. The van der Waals surface area contributed by atoms with Crippen molar-refractivity contribution in [2.45, 2.75) is 32.6 Å². The number of ether oxygens (including phenoxy) is 1. The molecule has 17 heavy (non-hydrogen) atoms. The number of unbranched alkanes of at least 4 members (excludes halogenated alkanes) is 3. The third-order valence-electron chi connectivity index (χ3n) is 2.44. The molecule has 0 bridgehead atoms. The van der Waals surface area contributed by atoms with Gasteiger partial charge in [0.25, 0.3) is 0 Å². The maximum absolute atomic E-state index is 5.28. The molecule has 0 saturated carbocycles. The Hall–Kier alpha value is -1.22. The lowest BCUT2D eigenvalue weighted by molar-refractivity contribution is 0.143. The Morgan fingerprint density at radius 2 is 2.12 bits per heavy atom. The summed E-state index contributed by atoms with van der Waals surface area (Å²) in [7, 11) is 0. The Kier molecular flexibility index (Phi) is 8.12. The summed E-state index contributed by atoms with van der Waals surface area (Å²) in [5.41, 5.74) is 0.934. The van der Waals surface area contributed by atoms with E-state index in [1.165, 1.54) is 12.8 Å². The van der Waals surface area contributed by atoms with Crippen molar-refractivity contribution in [3.8, 4) is 0 Å². The number of hydrogen-bond acceptors (Lipinski definition) is 3. The number of nitrogens with zero attached hydrogens (tertiary/aromatic N) is 2. The van der Waals surface area contributed by atoms with Crippen LogP contribution in [-0.4, -0.2) is 31.0 Å². The molecule has 0 saturated heterocycles. The van der Waals surface area contributed by atoms with Crippen LogP contribution >= 0.6 is 0 Å². The standard InChI is InChI=1S/C14H22N2O/c1-2-17-12-8-4-3-6-10-15-13-14-9-5-7-11-16-14/h5,7,9,11,13H,2-4,6,8,10,12H2,1H3. The second-order valence-corrected chi connectivity index (χ2v) is 3.90. The summed E-state index contributed by atoms with van der Waals surface area (Å²) >= 11 is 0. The fraction of sp³-hybridized carbons (Fsp3) is 0.571. The van der Waals surface area contributed by atoms with Gasteiger partial charge in [-0.2, -0.15) is 0 Å². The highest BCUT2D eigenvalue weighted by Gasteiger charge is 1.90. The Labute approximate surface area is 104 Å². The van der Waals surface area contributed by atoms with Crippen LogP contribution in [-0.2, 0) is 4.74 Å². The van der Waals surface area contributed by atoms with Crippen LogP contribution < -0.4 is 0 Å². The van der Waals surface area contributed by atoms with Crippen molar-refractivity contribution in [3.05, 3.63) is 30.1 Å². The molecular weight excluding hydrogens is 212 g/mol. The van der Waals surface area contributed by atoms with Gasteiger partial charge in [0.15, 0.2) is 0 Å². The van der Waals surface area contributed by atoms with E-state index in [4.69, 9.17) is 4.74 Å². The number of aliphatic imine (C=N–C) groups is 1. The van der Waals surface area contributed by atoms with Crippen LogP contribution in [0.4, 0.5) is 0 Å². The molecule has 0 aliphatic rings. The van der Waals surface area contributed by atoms with E-state index in [-0.39, 0.29) is 0 Å². The average molecular weight is 234 g/mol. The predicted molar refractivity (Wildman–Crippen MR) is 71.7 cm³/mol. The first kappa shape index (κ1) is 13.8. The number of hydrogen-bond donors (Lipinski definition) is 0. The largest absolute Gasteiger partial charge is 0.382 e. The van der Waals surface area contributed by atoms with E-state index in [2.05, 4.69) is 9.98 Å². The zero-order valence-electron chi connectivity index (χ0n) is 10.6. The Morgan fingerprint density at radius 1 is 1.24 bits per heavy atom. The number of pyridine rings is 1. The molecule has 0 aliphatic heterocycles. The van der Waals surface area contributed by atoms with Gasteiger partial charge in [0.05, 0.1) is 5.69 Å². The molecule has 1 aromatic rings. The minimum Gasteiger partial charge on any atom is -0.382 e. The van der Waals surface area contributed by atoms with Crippen molar-refractivity contribution < 1.29 is 4.74 Å². The molecule has 3 nitrogen and oxygen atoms in total. The molecule has 0 unspecified atom stereocenters. The lowest BCUT2D eigenvalue weighted by Gasteiger charge is -2.00. The number of aromatic nitrogens is 1. The van der Waals surface area contributed by atoms with Gasteiger partial charge in [0.2, 0.25) is 0 Å². The van der Waals surface area contributed by atoms with Crippen LogP contribution in [0.5, 0.6) is 0 Å². The zero-order chi connectivity index (χ0) is 12.2. The molecule has 0 N–H and O–H groups in total. The van der Waals surface area contributed by atoms with Crippen LogP contribution in [0.25, 0.3) is 0 Å². The third kappa shape index (κ3) is 7.64. The monoisotopic (exact) mass is 234 g/mol. The van der Waals surface area contributed by atoms with E-state index in [9.17, 15) is 0 Å². The first-order valence-corrected chi connectivity index (χ1v) is 6.42. The predicted octanol–water partition coefficient (Wildman–Crippen LogP) is 3.10. The van der Waals surface area contributed by atoms with Gasteiger partial charge >= 0.3 is 0 Å². The Bertz CT molecular complexity index is 298. The minimum absolute atomic E-state index is 0.828. The van der Waals surface area contributed by atoms with Gasteiger partial charge in [-0.1, -0.05) is 18.9 Å². The normalized spacial score (nSPS) is 11.1. The molecule has 1 heterocycles. The van der Waals surface area contributed by atoms with E-state index in [1.807, 2.05) is 31.3 Å². The van der Waals surface area contributed by atoms with Crippen LogP contribution in [0.1, 0.15) is 38.3 Å². The molecular formula is C14H22N2O. The molecule has 1 rings (SSSR count). The molecule has 0 amide bonds. The van der Waals surface area contributed by atoms with Crippen molar-refractivity contribution in [1.29, 1.82) is 0 Å². The van der Waals surface area contributed by atoms with Crippen molar-refractivity contribution >= 4 is 6.21 Å². The fourth-order valence-corrected chi connectivity index (χ4v) is 1.52. The summed E-state index contributed by atoms with van der Waals surface area (Å²) in [6.45, 7) is 4.65. The molecule has 1 aromatic heterocycles. The van der Waals surface area contributed by atoms with Crippen LogP contribution in [0, 0.1) is 0 Å². The Morgan fingerprint density at radius 3 is 2.88 bits per heavy atom. The molecule has 0 radical (unpaired) electrons. The van der Waals surface area contributed by atoms with Crippen LogP contribution in [0.3, 0.4) is 0 Å². The minimum atomic E-state index is 0.828. The van der Waals surface area contributed by atoms with E-state index in [0.717, 1.165) is 38.3 Å². The molecule has 0 aliphatic carbocycles. The lowest BCUT2D eigenvalue weighted by atomic mass is 10.2. The van der Waals surface area contributed by atoms with Crippen molar-refractivity contribution in [2.75, 3.05) is 19.8 Å². The third-order valence-corrected chi connectivity index (χ3v) is 2.44. The molecule has 94 valence electrons. The second-order valence-electron chi connectivity index (χ2n) is 3.90. The first-order valence-electron chi connectivity index (χ1n) is 6.42. The summed E-state index contributed by atoms with van der Waals surface area (Å²) in [5.74, 6) is 0. The van der Waals surface area contributed by atoms with Gasteiger partial charge in [0.1, 0.15) is 0 Å². The summed E-state index contributed by atoms with van der Waals surface area (Å²) in [4.78, 5) is 8.54. The SMILES string of the molecule is CCOCCCCCCN=Cc1ccccn1. The highest BCUT2D eigenvalue weighted by atomic mass is 16.5. The molecule has 0 fully saturated rings. The van der Waals surface area contributed by atoms with Gasteiger partial charge in [-0.15, -0.1) is 0 Å². The maximum Gasteiger partial charge on any atom is 0.0807 e. The van der Waals surface area contributed by atoms with Gasteiger partial charge in [-0.3, -0.25) is 9.98 Å². The molecule has 3 heteroatoms. The smallest absolute Gasteiger partial charge is 0.0807 e. The summed E-state index contributed by atoms with van der Waals surface area (Å²) in [6, 6.07) is 5.85. The average Bonchev–Trinajstić information content (AvgIpc) is 2.38. The highest BCUT2D eigenvalue weighted by Crippen LogP contribution is 2.00. The van der Waals surface area contributed by atoms with Gasteiger partial charge < -0.3 is 4.74 Å². The van der Waals surface area contributed by atoms with Gasteiger partial charge in [-0.25, -0.2) is 0 Å². The molecule has 0 atom stereocenters. The first-order chi connectivity index (χ1) is 8.43.